The van der Waals surface area contributed by atoms with E-state index in [1.165, 1.54) is 0 Å². The molecule has 1 aliphatic rings. The molecule has 6 rings (SSSR count). The Morgan fingerprint density at radius 3 is 2.50 bits per heavy atom. The van der Waals surface area contributed by atoms with E-state index < -0.39 is 18.2 Å². The summed E-state index contributed by atoms with van der Waals surface area (Å²) in [5, 5.41) is 11.8. The molecule has 0 amide bonds. The minimum absolute atomic E-state index is 0.308. The van der Waals surface area contributed by atoms with Crippen molar-refractivity contribution in [2.75, 3.05) is 0 Å². The molecule has 5 aromatic rings. The molecule has 0 N–H and O–H groups in total. The monoisotopic (exact) mass is 448 g/mol. The highest BCUT2D eigenvalue weighted by Gasteiger charge is 2.29. The Balaban J connectivity index is 1.68. The summed E-state index contributed by atoms with van der Waals surface area (Å²) in [4.78, 5) is 4.20. The third-order valence-electron chi connectivity index (χ3n) is 6.54. The number of hydrogen-bond donors (Lipinski definition) is 0. The van der Waals surface area contributed by atoms with Crippen LogP contribution in [0.25, 0.3) is 44.3 Å². The van der Waals surface area contributed by atoms with E-state index in [-0.39, 0.29) is 0 Å². The molecule has 0 unspecified atom stereocenters. The molecule has 2 heterocycles. The van der Waals surface area contributed by atoms with Crippen LogP contribution in [0.4, 0.5) is 0 Å². The summed E-state index contributed by atoms with van der Waals surface area (Å²) < 4.78 is 43.6. The van der Waals surface area contributed by atoms with Crippen LogP contribution in [0.1, 0.15) is 41.6 Å². The van der Waals surface area contributed by atoms with E-state index in [0.717, 1.165) is 27.6 Å². The second-order valence-electron chi connectivity index (χ2n) is 9.42. The molecule has 0 saturated heterocycles. The summed E-state index contributed by atoms with van der Waals surface area (Å²) in [5.74, 6) is 0. The van der Waals surface area contributed by atoms with Crippen LogP contribution in [0.15, 0.2) is 65.5 Å². The zero-order valence-corrected chi connectivity index (χ0v) is 19.5. The lowest BCUT2D eigenvalue weighted by molar-refractivity contribution is -0.663. The fourth-order valence-corrected chi connectivity index (χ4v) is 5.01. The van der Waals surface area contributed by atoms with Gasteiger partial charge in [0.1, 0.15) is 23.1 Å². The Morgan fingerprint density at radius 2 is 1.74 bits per heavy atom. The van der Waals surface area contributed by atoms with Crippen molar-refractivity contribution in [3.63, 3.8) is 0 Å². The van der Waals surface area contributed by atoms with Crippen LogP contribution >= 0.6 is 0 Å². The van der Waals surface area contributed by atoms with Gasteiger partial charge in [-0.3, -0.25) is 0 Å². The number of hydrogen-bond acceptors (Lipinski definition) is 3. The zero-order valence-electron chi connectivity index (χ0n) is 23.5. The lowest BCUT2D eigenvalue weighted by Crippen LogP contribution is -2.31. The van der Waals surface area contributed by atoms with Gasteiger partial charge in [-0.15, -0.1) is 0 Å². The van der Waals surface area contributed by atoms with E-state index in [4.69, 9.17) is 9.90 Å². The highest BCUT2D eigenvalue weighted by Crippen LogP contribution is 2.43. The summed E-state index contributed by atoms with van der Waals surface area (Å²) in [6, 6.07) is 17.1. The Bertz CT molecular complexity index is 1850. The minimum Gasteiger partial charge on any atom is -0.455 e. The van der Waals surface area contributed by atoms with Crippen LogP contribution in [0, 0.1) is 23.7 Å². The van der Waals surface area contributed by atoms with Gasteiger partial charge in [-0.05, 0) is 59.5 Å². The van der Waals surface area contributed by atoms with Gasteiger partial charge in [-0.2, -0.15) is 5.26 Å². The molecule has 0 radical (unpaired) electrons. The first-order valence-electron chi connectivity index (χ1n) is 13.3. The number of nitrogens with zero attached hydrogens (tertiary/aromatic N) is 3. The van der Waals surface area contributed by atoms with Crippen molar-refractivity contribution in [3.05, 3.63) is 83.3 Å². The van der Waals surface area contributed by atoms with Crippen LogP contribution in [0.3, 0.4) is 0 Å². The van der Waals surface area contributed by atoms with Crippen LogP contribution in [-0.2, 0) is 19.8 Å². The number of aryl methyl sites for hydroxylation is 2. The average Bonchev–Trinajstić information content (AvgIpc) is 3.30. The van der Waals surface area contributed by atoms with Gasteiger partial charge < -0.3 is 4.42 Å². The number of nitriles is 1. The fourth-order valence-electron chi connectivity index (χ4n) is 5.01. The molecule has 0 spiro atoms. The molecule has 2 aromatic heterocycles. The van der Waals surface area contributed by atoms with Crippen LogP contribution < -0.4 is 4.57 Å². The van der Waals surface area contributed by atoms with Gasteiger partial charge in [0, 0.05) is 27.9 Å². The summed E-state index contributed by atoms with van der Waals surface area (Å²) in [7, 11) is 1.93. The summed E-state index contributed by atoms with van der Waals surface area (Å²) in [6.45, 7) is 5.27. The average molecular weight is 449 g/mol. The molecule has 0 saturated carbocycles. The normalized spacial score (nSPS) is 19.1. The standard InChI is InChI=1S/C30H26N3O/c1-18-5-9-23-24-10-8-21(16-31)27(19-6-7-20-14-30(2,3)15-22(20)13-19)29(24)34-28(23)26(18)25-11-12-32-17-33(25)4/h5-13,17H,14-15H2,1-4H3/q+1/i14D2,15D2. The number of rotatable bonds is 2. The van der Waals surface area contributed by atoms with Crippen molar-refractivity contribution in [2.45, 2.75) is 33.5 Å². The first-order chi connectivity index (χ1) is 17.9. The SMILES string of the molecule is [2H]C1([2H])c2ccc(-c3c(C#N)ccc4c3oc3c(-c5ccnc[n+]5C)c(C)ccc34)cc2C([2H])([2H])C1(C)C. The van der Waals surface area contributed by atoms with Crippen LogP contribution in [-0.4, -0.2) is 4.98 Å². The second-order valence-corrected chi connectivity index (χ2v) is 9.42. The van der Waals surface area contributed by atoms with Gasteiger partial charge in [0.05, 0.1) is 24.2 Å². The molecule has 0 aliphatic heterocycles. The minimum atomic E-state index is -1.91. The van der Waals surface area contributed by atoms with Crippen LogP contribution in [0.5, 0.6) is 0 Å². The summed E-state index contributed by atoms with van der Waals surface area (Å²) >= 11 is 0. The molecule has 0 fully saturated rings. The van der Waals surface area contributed by atoms with Gasteiger partial charge in [0.15, 0.2) is 0 Å². The van der Waals surface area contributed by atoms with E-state index >= 15 is 0 Å². The molecule has 0 bridgehead atoms. The molecular weight excluding hydrogens is 418 g/mol. The first kappa shape index (κ1) is 16.6. The first-order valence-corrected chi connectivity index (χ1v) is 11.3. The molecule has 4 nitrogen and oxygen atoms in total. The van der Waals surface area contributed by atoms with Gasteiger partial charge in [0.2, 0.25) is 0 Å². The number of fused-ring (bicyclic) bond motifs is 4. The highest BCUT2D eigenvalue weighted by atomic mass is 16.3. The third kappa shape index (κ3) is 3.04. The summed E-state index contributed by atoms with van der Waals surface area (Å²) in [6.07, 6.45) is -0.265. The van der Waals surface area contributed by atoms with Crippen molar-refractivity contribution >= 4 is 21.9 Å². The Kier molecular flexibility index (Phi) is 3.55. The molecule has 1 aliphatic carbocycles. The predicted octanol–water partition coefficient (Wildman–Crippen LogP) is 6.44. The van der Waals surface area contributed by atoms with Gasteiger partial charge >= 0.3 is 0 Å². The largest absolute Gasteiger partial charge is 0.455 e. The van der Waals surface area contributed by atoms with E-state index in [1.54, 1.807) is 50.6 Å². The molecule has 0 atom stereocenters. The molecule has 4 heteroatoms. The van der Waals surface area contributed by atoms with Crippen LogP contribution in [0.2, 0.25) is 0 Å². The Labute approximate surface area is 204 Å². The maximum Gasteiger partial charge on any atom is 0.286 e. The van der Waals surface area contributed by atoms with Crippen molar-refractivity contribution < 1.29 is 14.5 Å². The van der Waals surface area contributed by atoms with Gasteiger partial charge in [0.25, 0.3) is 6.33 Å². The maximum absolute atomic E-state index is 10.1. The molecule has 3 aromatic carbocycles. The third-order valence-corrected chi connectivity index (χ3v) is 6.54. The van der Waals surface area contributed by atoms with E-state index in [0.29, 0.717) is 39.0 Å². The number of furan rings is 1. The van der Waals surface area contributed by atoms with Gasteiger partial charge in [-0.25, -0.2) is 4.57 Å². The highest BCUT2D eigenvalue weighted by molar-refractivity contribution is 6.14. The number of aromatic nitrogens is 2. The second kappa shape index (κ2) is 7.27. The fraction of sp³-hybridized carbons (Fsp3) is 0.233. The topological polar surface area (TPSA) is 53.7 Å². The zero-order chi connectivity index (χ0) is 27.2. The molecular formula is C30H26N3O+. The van der Waals surface area contributed by atoms with Crippen molar-refractivity contribution in [1.82, 2.24) is 4.98 Å². The van der Waals surface area contributed by atoms with E-state index in [1.807, 2.05) is 36.7 Å². The van der Waals surface area contributed by atoms with Crippen molar-refractivity contribution in [3.8, 4) is 28.5 Å². The molecule has 34 heavy (non-hydrogen) atoms. The smallest absolute Gasteiger partial charge is 0.286 e. The maximum atomic E-state index is 10.1. The summed E-state index contributed by atoms with van der Waals surface area (Å²) in [5.41, 5.74) is 5.15. The Hall–Kier alpha value is -3.97. The van der Waals surface area contributed by atoms with E-state index in [2.05, 4.69) is 17.1 Å². The predicted molar refractivity (Wildman–Crippen MR) is 134 cm³/mol. The Morgan fingerprint density at radius 1 is 1.00 bits per heavy atom. The number of benzene rings is 3. The van der Waals surface area contributed by atoms with Crippen molar-refractivity contribution in [2.24, 2.45) is 12.5 Å². The lowest BCUT2D eigenvalue weighted by Gasteiger charge is -2.14. The quantitative estimate of drug-likeness (QED) is 0.292. The van der Waals surface area contributed by atoms with E-state index in [9.17, 15) is 5.26 Å². The lowest BCUT2D eigenvalue weighted by atomic mass is 9.90. The van der Waals surface area contributed by atoms with Gasteiger partial charge in [-0.1, -0.05) is 49.2 Å². The van der Waals surface area contributed by atoms with Crippen molar-refractivity contribution in [1.29, 1.82) is 5.26 Å². The molecule has 166 valence electrons.